The Labute approximate surface area is 157 Å². The highest BCUT2D eigenvalue weighted by atomic mass is 32.1. The van der Waals surface area contributed by atoms with E-state index < -0.39 is 0 Å². The van der Waals surface area contributed by atoms with Crippen molar-refractivity contribution in [3.05, 3.63) is 15.6 Å². The largest absolute Gasteiger partial charge is 0.357 e. The maximum Gasteiger partial charge on any atom is 0.191 e. The lowest BCUT2D eigenvalue weighted by molar-refractivity contribution is 0.160. The molecule has 2 rings (SSSR count). The first-order valence-corrected chi connectivity index (χ1v) is 10.6. The number of nitrogens with zero attached hydrogens (tertiary/aromatic N) is 3. The van der Waals surface area contributed by atoms with Gasteiger partial charge >= 0.3 is 0 Å². The van der Waals surface area contributed by atoms with Crippen LogP contribution in [0.15, 0.2) is 4.99 Å². The van der Waals surface area contributed by atoms with E-state index in [4.69, 9.17) is 4.99 Å². The van der Waals surface area contributed by atoms with E-state index in [9.17, 15) is 0 Å². The van der Waals surface area contributed by atoms with Crippen molar-refractivity contribution < 1.29 is 0 Å². The molecule has 1 saturated heterocycles. The second-order valence-electron chi connectivity index (χ2n) is 6.92. The van der Waals surface area contributed by atoms with Crippen LogP contribution in [0.25, 0.3) is 0 Å². The second kappa shape index (κ2) is 10.8. The van der Waals surface area contributed by atoms with Gasteiger partial charge in [0.15, 0.2) is 5.96 Å². The zero-order valence-corrected chi connectivity index (χ0v) is 17.2. The summed E-state index contributed by atoms with van der Waals surface area (Å²) in [4.78, 5) is 13.3. The molecule has 1 aliphatic heterocycles. The molecule has 1 fully saturated rings. The first-order chi connectivity index (χ1) is 12.1. The van der Waals surface area contributed by atoms with Crippen molar-refractivity contribution >= 4 is 17.3 Å². The van der Waals surface area contributed by atoms with Gasteiger partial charge in [0.2, 0.25) is 0 Å². The molecular weight excluding hydrogens is 330 g/mol. The van der Waals surface area contributed by atoms with Crippen LogP contribution in [0.2, 0.25) is 0 Å². The second-order valence-corrected chi connectivity index (χ2v) is 8.21. The molecule has 0 radical (unpaired) electrons. The fourth-order valence-electron chi connectivity index (χ4n) is 3.23. The van der Waals surface area contributed by atoms with E-state index in [1.807, 2.05) is 0 Å². The van der Waals surface area contributed by atoms with Crippen LogP contribution < -0.4 is 10.6 Å². The summed E-state index contributed by atoms with van der Waals surface area (Å²) in [7, 11) is 0. The molecule has 142 valence electrons. The maximum absolute atomic E-state index is 4.73. The topological polar surface area (TPSA) is 52.6 Å². The van der Waals surface area contributed by atoms with Crippen molar-refractivity contribution in [2.24, 2.45) is 4.99 Å². The molecule has 0 bridgehead atoms. The lowest BCUT2D eigenvalue weighted by atomic mass is 10.0. The standard InChI is InChI=1S/C19H35N5S/c1-5-20-19(22-12-10-18-23-16(3)17(4)25-18)21-11-8-14-24-13-7-6-9-15(24)2/h15H,5-14H2,1-4H3,(H2,20,21,22). The zero-order valence-electron chi connectivity index (χ0n) is 16.4. The number of piperidine rings is 1. The molecule has 6 heteroatoms. The van der Waals surface area contributed by atoms with Crippen molar-refractivity contribution in [2.45, 2.75) is 65.8 Å². The van der Waals surface area contributed by atoms with Gasteiger partial charge in [0.1, 0.15) is 0 Å². The number of thiazole rings is 1. The molecule has 2 heterocycles. The summed E-state index contributed by atoms with van der Waals surface area (Å²) < 4.78 is 0. The Balaban J connectivity index is 1.70. The van der Waals surface area contributed by atoms with Crippen LogP contribution in [0.5, 0.6) is 0 Å². The summed E-state index contributed by atoms with van der Waals surface area (Å²) >= 11 is 1.80. The molecule has 1 aromatic heterocycles. The predicted molar refractivity (Wildman–Crippen MR) is 109 cm³/mol. The Morgan fingerprint density at radius 3 is 2.84 bits per heavy atom. The van der Waals surface area contributed by atoms with E-state index in [-0.39, 0.29) is 0 Å². The predicted octanol–water partition coefficient (Wildman–Crippen LogP) is 3.12. The summed E-state index contributed by atoms with van der Waals surface area (Å²) in [5.41, 5.74) is 1.16. The van der Waals surface area contributed by atoms with Crippen LogP contribution in [0.3, 0.4) is 0 Å². The van der Waals surface area contributed by atoms with E-state index in [0.717, 1.165) is 50.2 Å². The lowest BCUT2D eigenvalue weighted by Crippen LogP contribution is -2.39. The Bertz CT molecular complexity index is 520. The molecule has 2 N–H and O–H groups in total. The van der Waals surface area contributed by atoms with Crippen LogP contribution in [-0.2, 0) is 6.42 Å². The van der Waals surface area contributed by atoms with Crippen molar-refractivity contribution in [3.8, 4) is 0 Å². The van der Waals surface area contributed by atoms with Crippen molar-refractivity contribution in [1.29, 1.82) is 0 Å². The minimum absolute atomic E-state index is 0.745. The number of likely N-dealkylation sites (tertiary alicyclic amines) is 1. The van der Waals surface area contributed by atoms with E-state index in [1.54, 1.807) is 11.3 Å². The first-order valence-electron chi connectivity index (χ1n) is 9.79. The van der Waals surface area contributed by atoms with Crippen LogP contribution in [0, 0.1) is 13.8 Å². The SMILES string of the molecule is CCNC(=NCCCN1CCCCC1C)NCCc1nc(C)c(C)s1. The van der Waals surface area contributed by atoms with Gasteiger partial charge in [0, 0.05) is 43.5 Å². The molecule has 1 aliphatic rings. The number of aliphatic imine (C=N–C) groups is 1. The van der Waals surface area contributed by atoms with Gasteiger partial charge in [-0.25, -0.2) is 4.98 Å². The number of aryl methyl sites for hydroxylation is 2. The third kappa shape index (κ3) is 6.94. The molecule has 0 spiro atoms. The number of hydrogen-bond donors (Lipinski definition) is 2. The molecule has 0 aromatic carbocycles. The summed E-state index contributed by atoms with van der Waals surface area (Å²) in [5, 5.41) is 7.98. The van der Waals surface area contributed by atoms with Gasteiger partial charge in [-0.1, -0.05) is 6.42 Å². The molecule has 1 unspecified atom stereocenters. The van der Waals surface area contributed by atoms with Crippen LogP contribution in [0.1, 0.15) is 55.1 Å². The molecule has 1 aromatic rings. The normalized spacial score (nSPS) is 19.2. The molecule has 0 aliphatic carbocycles. The highest BCUT2D eigenvalue weighted by Crippen LogP contribution is 2.17. The average molecular weight is 366 g/mol. The molecular formula is C19H35N5S. The minimum Gasteiger partial charge on any atom is -0.357 e. The lowest BCUT2D eigenvalue weighted by Gasteiger charge is -2.33. The summed E-state index contributed by atoms with van der Waals surface area (Å²) in [5.74, 6) is 0.930. The van der Waals surface area contributed by atoms with Crippen LogP contribution in [-0.4, -0.2) is 54.6 Å². The first kappa shape index (κ1) is 20.2. The molecule has 5 nitrogen and oxygen atoms in total. The molecule has 0 saturated carbocycles. The highest BCUT2D eigenvalue weighted by Gasteiger charge is 2.16. The minimum atomic E-state index is 0.745. The van der Waals surface area contributed by atoms with Gasteiger partial charge in [-0.15, -0.1) is 11.3 Å². The molecule has 0 amide bonds. The maximum atomic E-state index is 4.73. The molecule has 25 heavy (non-hydrogen) atoms. The molecule has 1 atom stereocenters. The fraction of sp³-hybridized carbons (Fsp3) is 0.789. The van der Waals surface area contributed by atoms with Gasteiger partial charge in [-0.2, -0.15) is 0 Å². The van der Waals surface area contributed by atoms with E-state index in [1.165, 1.54) is 42.2 Å². The van der Waals surface area contributed by atoms with Gasteiger partial charge in [-0.05, 0) is 53.5 Å². The van der Waals surface area contributed by atoms with E-state index >= 15 is 0 Å². The van der Waals surface area contributed by atoms with Crippen molar-refractivity contribution in [1.82, 2.24) is 20.5 Å². The Kier molecular flexibility index (Phi) is 8.68. The van der Waals surface area contributed by atoms with E-state index in [2.05, 4.69) is 48.2 Å². The third-order valence-electron chi connectivity index (χ3n) is 4.86. The van der Waals surface area contributed by atoms with Crippen LogP contribution in [0.4, 0.5) is 0 Å². The fourth-order valence-corrected chi connectivity index (χ4v) is 4.16. The number of guanidine groups is 1. The highest BCUT2D eigenvalue weighted by molar-refractivity contribution is 7.11. The summed E-state index contributed by atoms with van der Waals surface area (Å²) in [6.07, 6.45) is 6.18. The van der Waals surface area contributed by atoms with Gasteiger partial charge < -0.3 is 15.5 Å². The third-order valence-corrected chi connectivity index (χ3v) is 5.99. The number of hydrogen-bond acceptors (Lipinski definition) is 4. The van der Waals surface area contributed by atoms with Crippen molar-refractivity contribution in [2.75, 3.05) is 32.7 Å². The number of nitrogens with one attached hydrogen (secondary N) is 2. The number of rotatable bonds is 8. The zero-order chi connectivity index (χ0) is 18.1. The Morgan fingerprint density at radius 1 is 1.32 bits per heavy atom. The Morgan fingerprint density at radius 2 is 2.16 bits per heavy atom. The smallest absolute Gasteiger partial charge is 0.191 e. The number of aromatic nitrogens is 1. The average Bonchev–Trinajstić information content (AvgIpc) is 2.91. The quantitative estimate of drug-likeness (QED) is 0.422. The van der Waals surface area contributed by atoms with Gasteiger partial charge in [-0.3, -0.25) is 4.99 Å². The van der Waals surface area contributed by atoms with Crippen LogP contribution >= 0.6 is 11.3 Å². The van der Waals surface area contributed by atoms with Gasteiger partial charge in [0.25, 0.3) is 0 Å². The van der Waals surface area contributed by atoms with E-state index in [0.29, 0.717) is 0 Å². The monoisotopic (exact) mass is 365 g/mol. The summed E-state index contributed by atoms with van der Waals surface area (Å²) in [6, 6.07) is 0.745. The summed E-state index contributed by atoms with van der Waals surface area (Å²) in [6.45, 7) is 13.8. The van der Waals surface area contributed by atoms with Crippen molar-refractivity contribution in [3.63, 3.8) is 0 Å². The van der Waals surface area contributed by atoms with Gasteiger partial charge in [0.05, 0.1) is 10.7 Å². The Hall–Kier alpha value is -1.14.